The van der Waals surface area contributed by atoms with Crippen LogP contribution in [0.2, 0.25) is 0 Å². The standard InChI is InChI=1S/C22H20N4O4S/c1-3-23-19(27)12-29-15-8-6-14(7-9-15)24-21(28)16-11-17(18-5-4-10-31-18)25-22-20(16)13(2)26-30-22/h4-11H,3,12H2,1-2H3,(H,23,27)(H,24,28). The lowest BCUT2D eigenvalue weighted by Crippen LogP contribution is -2.28. The molecule has 1 aromatic carbocycles. The van der Waals surface area contributed by atoms with Crippen LogP contribution in [0.3, 0.4) is 0 Å². The molecule has 0 radical (unpaired) electrons. The molecule has 0 saturated carbocycles. The Bertz CT molecular complexity index is 1220. The number of pyridine rings is 1. The molecule has 0 spiro atoms. The molecule has 4 aromatic rings. The van der Waals surface area contributed by atoms with E-state index in [1.807, 2.05) is 24.4 Å². The van der Waals surface area contributed by atoms with Gasteiger partial charge >= 0.3 is 0 Å². The molecule has 0 aliphatic heterocycles. The van der Waals surface area contributed by atoms with Gasteiger partial charge in [-0.15, -0.1) is 11.3 Å². The summed E-state index contributed by atoms with van der Waals surface area (Å²) >= 11 is 1.53. The molecule has 31 heavy (non-hydrogen) atoms. The lowest BCUT2D eigenvalue weighted by atomic mass is 10.1. The van der Waals surface area contributed by atoms with Gasteiger partial charge in [-0.1, -0.05) is 11.2 Å². The number of amides is 2. The van der Waals surface area contributed by atoms with E-state index in [1.165, 1.54) is 11.3 Å². The van der Waals surface area contributed by atoms with Gasteiger partial charge in [-0.25, -0.2) is 4.98 Å². The number of aromatic nitrogens is 2. The van der Waals surface area contributed by atoms with Crippen molar-refractivity contribution in [2.75, 3.05) is 18.5 Å². The predicted octanol–water partition coefficient (Wildman–Crippen LogP) is 4.03. The highest BCUT2D eigenvalue weighted by Gasteiger charge is 2.20. The van der Waals surface area contributed by atoms with Crippen molar-refractivity contribution in [3.63, 3.8) is 0 Å². The molecular weight excluding hydrogens is 416 g/mol. The van der Waals surface area contributed by atoms with Gasteiger partial charge in [0.15, 0.2) is 6.61 Å². The number of aryl methyl sites for hydroxylation is 1. The van der Waals surface area contributed by atoms with Crippen molar-refractivity contribution in [3.8, 4) is 16.3 Å². The maximum absolute atomic E-state index is 13.1. The van der Waals surface area contributed by atoms with Crippen LogP contribution in [0.1, 0.15) is 23.0 Å². The van der Waals surface area contributed by atoms with Crippen molar-refractivity contribution in [2.24, 2.45) is 0 Å². The van der Waals surface area contributed by atoms with E-state index < -0.39 is 0 Å². The van der Waals surface area contributed by atoms with E-state index in [0.717, 1.165) is 4.88 Å². The summed E-state index contributed by atoms with van der Waals surface area (Å²) in [7, 11) is 0. The molecule has 0 unspecified atom stereocenters. The molecule has 8 nitrogen and oxygen atoms in total. The quantitative estimate of drug-likeness (QED) is 0.453. The number of carbonyl (C=O) groups excluding carboxylic acids is 2. The second-order valence-electron chi connectivity index (χ2n) is 6.70. The average Bonchev–Trinajstić information content (AvgIpc) is 3.43. The van der Waals surface area contributed by atoms with E-state index in [-0.39, 0.29) is 18.4 Å². The van der Waals surface area contributed by atoms with Gasteiger partial charge < -0.3 is 19.9 Å². The van der Waals surface area contributed by atoms with Gasteiger partial charge in [0.1, 0.15) is 5.75 Å². The van der Waals surface area contributed by atoms with Gasteiger partial charge in [0.25, 0.3) is 17.5 Å². The number of fused-ring (bicyclic) bond motifs is 1. The third-order valence-electron chi connectivity index (χ3n) is 4.49. The van der Waals surface area contributed by atoms with Gasteiger partial charge in [0.05, 0.1) is 27.2 Å². The molecule has 4 rings (SSSR count). The van der Waals surface area contributed by atoms with Crippen LogP contribution >= 0.6 is 11.3 Å². The molecule has 0 aliphatic carbocycles. The van der Waals surface area contributed by atoms with Crippen molar-refractivity contribution < 1.29 is 18.8 Å². The van der Waals surface area contributed by atoms with Crippen LogP contribution in [-0.2, 0) is 4.79 Å². The van der Waals surface area contributed by atoms with Crippen molar-refractivity contribution in [1.29, 1.82) is 0 Å². The van der Waals surface area contributed by atoms with Crippen LogP contribution in [0, 0.1) is 6.92 Å². The maximum atomic E-state index is 13.1. The summed E-state index contributed by atoms with van der Waals surface area (Å²) in [6, 6.07) is 12.4. The molecule has 2 amide bonds. The molecule has 0 bridgehead atoms. The number of hydrogen-bond donors (Lipinski definition) is 2. The molecule has 0 aliphatic rings. The van der Waals surface area contributed by atoms with Crippen molar-refractivity contribution in [3.05, 3.63) is 59.1 Å². The minimum Gasteiger partial charge on any atom is -0.484 e. The third-order valence-corrected chi connectivity index (χ3v) is 5.38. The molecule has 0 fully saturated rings. The number of anilines is 1. The lowest BCUT2D eigenvalue weighted by Gasteiger charge is -2.09. The highest BCUT2D eigenvalue weighted by molar-refractivity contribution is 7.13. The number of nitrogens with zero attached hydrogens (tertiary/aromatic N) is 2. The molecule has 158 valence electrons. The summed E-state index contributed by atoms with van der Waals surface area (Å²) in [5.41, 5.74) is 2.59. The van der Waals surface area contributed by atoms with E-state index in [9.17, 15) is 9.59 Å². The number of thiophene rings is 1. The van der Waals surface area contributed by atoms with Gasteiger partial charge in [0, 0.05) is 12.2 Å². The zero-order valence-corrected chi connectivity index (χ0v) is 17.8. The lowest BCUT2D eigenvalue weighted by molar-refractivity contribution is -0.122. The second kappa shape index (κ2) is 8.97. The molecule has 0 saturated heterocycles. The molecule has 3 aromatic heterocycles. The van der Waals surface area contributed by atoms with Crippen molar-refractivity contribution >= 4 is 39.9 Å². The van der Waals surface area contributed by atoms with Gasteiger partial charge in [-0.05, 0) is 55.6 Å². The van der Waals surface area contributed by atoms with Crippen molar-refractivity contribution in [2.45, 2.75) is 13.8 Å². The molecule has 3 heterocycles. The molecular formula is C22H20N4O4S. The number of ether oxygens (including phenoxy) is 1. The first-order valence-electron chi connectivity index (χ1n) is 9.67. The normalized spacial score (nSPS) is 10.8. The van der Waals surface area contributed by atoms with E-state index in [0.29, 0.717) is 46.0 Å². The van der Waals surface area contributed by atoms with Gasteiger partial charge in [-0.2, -0.15) is 0 Å². The Morgan fingerprint density at radius 2 is 2.00 bits per heavy atom. The summed E-state index contributed by atoms with van der Waals surface area (Å²) in [4.78, 5) is 30.0. The third kappa shape index (κ3) is 4.56. The smallest absolute Gasteiger partial charge is 0.259 e. The summed E-state index contributed by atoms with van der Waals surface area (Å²) < 4.78 is 10.8. The first kappa shape index (κ1) is 20.5. The SMILES string of the molecule is CCNC(=O)COc1ccc(NC(=O)c2cc(-c3cccs3)nc3onc(C)c23)cc1. The fourth-order valence-electron chi connectivity index (χ4n) is 3.05. The minimum absolute atomic E-state index is 0.0627. The zero-order valence-electron chi connectivity index (χ0n) is 17.0. The van der Waals surface area contributed by atoms with Crippen LogP contribution < -0.4 is 15.4 Å². The number of carbonyl (C=O) groups is 2. The maximum Gasteiger partial charge on any atom is 0.259 e. The number of hydrogen-bond acceptors (Lipinski definition) is 7. The van der Waals surface area contributed by atoms with Gasteiger partial charge in [0.2, 0.25) is 0 Å². The molecule has 9 heteroatoms. The van der Waals surface area contributed by atoms with Crippen LogP contribution in [0.5, 0.6) is 5.75 Å². The average molecular weight is 436 g/mol. The molecule has 2 N–H and O–H groups in total. The van der Waals surface area contributed by atoms with E-state index in [1.54, 1.807) is 37.3 Å². The van der Waals surface area contributed by atoms with Crippen molar-refractivity contribution in [1.82, 2.24) is 15.5 Å². The summed E-state index contributed by atoms with van der Waals surface area (Å²) in [5.74, 6) is 0.0464. The highest BCUT2D eigenvalue weighted by atomic mass is 32.1. The highest BCUT2D eigenvalue weighted by Crippen LogP contribution is 2.30. The number of likely N-dealkylation sites (N-methyl/N-ethyl adjacent to an activating group) is 1. The monoisotopic (exact) mass is 436 g/mol. The second-order valence-corrected chi connectivity index (χ2v) is 7.65. The predicted molar refractivity (Wildman–Crippen MR) is 118 cm³/mol. The topological polar surface area (TPSA) is 106 Å². The Morgan fingerprint density at radius 3 is 2.71 bits per heavy atom. The van der Waals surface area contributed by atoms with Crippen LogP contribution in [0.4, 0.5) is 5.69 Å². The Hall–Kier alpha value is -3.72. The largest absolute Gasteiger partial charge is 0.484 e. The fourth-order valence-corrected chi connectivity index (χ4v) is 3.74. The first-order valence-corrected chi connectivity index (χ1v) is 10.5. The van der Waals surface area contributed by atoms with Crippen LogP contribution in [0.15, 0.2) is 52.4 Å². The Labute approximate surface area is 182 Å². The van der Waals surface area contributed by atoms with E-state index >= 15 is 0 Å². The van der Waals surface area contributed by atoms with Crippen LogP contribution in [0.25, 0.3) is 21.7 Å². The number of rotatable bonds is 7. The Kier molecular flexibility index (Phi) is 5.94. The van der Waals surface area contributed by atoms with Gasteiger partial charge in [-0.3, -0.25) is 9.59 Å². The van der Waals surface area contributed by atoms with Crippen LogP contribution in [-0.4, -0.2) is 35.1 Å². The summed E-state index contributed by atoms with van der Waals surface area (Å²) in [6.07, 6.45) is 0. The molecule has 0 atom stereocenters. The summed E-state index contributed by atoms with van der Waals surface area (Å²) in [6.45, 7) is 4.11. The Morgan fingerprint density at radius 1 is 1.19 bits per heavy atom. The number of benzene rings is 1. The van der Waals surface area contributed by atoms with E-state index in [2.05, 4.69) is 20.8 Å². The fraction of sp³-hybridized carbons (Fsp3) is 0.182. The first-order chi connectivity index (χ1) is 15.0. The Balaban J connectivity index is 1.54. The minimum atomic E-state index is -0.299. The zero-order chi connectivity index (χ0) is 21.8. The number of nitrogens with one attached hydrogen (secondary N) is 2. The summed E-state index contributed by atoms with van der Waals surface area (Å²) in [5, 5.41) is 12.0. The van der Waals surface area contributed by atoms with E-state index in [4.69, 9.17) is 9.26 Å².